The lowest BCUT2D eigenvalue weighted by atomic mass is 9.85. The minimum absolute atomic E-state index is 0.466. The minimum atomic E-state index is 0.466. The number of aromatic nitrogens is 2. The summed E-state index contributed by atoms with van der Waals surface area (Å²) in [6.07, 6.45) is 0. The van der Waals surface area contributed by atoms with E-state index in [9.17, 15) is 0 Å². The van der Waals surface area contributed by atoms with E-state index in [4.69, 9.17) is 0 Å². The van der Waals surface area contributed by atoms with Gasteiger partial charge in [0, 0.05) is 24.5 Å². The third-order valence-corrected chi connectivity index (χ3v) is 3.14. The molecule has 0 bridgehead atoms. The molecule has 0 spiro atoms. The van der Waals surface area contributed by atoms with Crippen molar-refractivity contribution in [3.8, 4) is 0 Å². The van der Waals surface area contributed by atoms with Gasteiger partial charge in [0.2, 0.25) is 5.13 Å². The van der Waals surface area contributed by atoms with Gasteiger partial charge in [0.05, 0.1) is 0 Å². The van der Waals surface area contributed by atoms with Crippen LogP contribution in [0.1, 0.15) is 39.4 Å². The molecule has 1 heterocycles. The molecule has 3 nitrogen and oxygen atoms in total. The van der Waals surface area contributed by atoms with Gasteiger partial charge in [-0.1, -0.05) is 27.7 Å². The molecule has 0 fully saturated rings. The lowest BCUT2D eigenvalue weighted by Gasteiger charge is -2.21. The monoisotopic (exact) mass is 213 g/mol. The minimum Gasteiger partial charge on any atom is -0.363 e. The average Bonchev–Trinajstić information content (AvgIpc) is 2.51. The first kappa shape index (κ1) is 11.4. The molecule has 1 N–H and O–H groups in total. The summed E-state index contributed by atoms with van der Waals surface area (Å²) in [7, 11) is 1.88. The predicted molar refractivity (Wildman–Crippen MR) is 61.9 cm³/mol. The Morgan fingerprint density at radius 3 is 2.07 bits per heavy atom. The highest BCUT2D eigenvalue weighted by Gasteiger charge is 2.23. The highest BCUT2D eigenvalue weighted by molar-refractivity contribution is 7.09. The second-order valence-corrected chi connectivity index (χ2v) is 4.97. The van der Waals surface area contributed by atoms with Crippen LogP contribution in [0.5, 0.6) is 0 Å². The Hall–Kier alpha value is -0.640. The Balaban J connectivity index is 2.88. The largest absolute Gasteiger partial charge is 0.363 e. The molecule has 0 aliphatic heterocycles. The molecule has 0 unspecified atom stereocenters. The van der Waals surface area contributed by atoms with E-state index in [-0.39, 0.29) is 0 Å². The van der Waals surface area contributed by atoms with Crippen molar-refractivity contribution in [3.63, 3.8) is 0 Å². The quantitative estimate of drug-likeness (QED) is 0.835. The number of hydrogen-bond acceptors (Lipinski definition) is 4. The van der Waals surface area contributed by atoms with Crippen molar-refractivity contribution >= 4 is 16.7 Å². The van der Waals surface area contributed by atoms with Gasteiger partial charge >= 0.3 is 0 Å². The summed E-state index contributed by atoms with van der Waals surface area (Å²) in [5.41, 5.74) is 0. The van der Waals surface area contributed by atoms with Gasteiger partial charge in [0.1, 0.15) is 5.82 Å². The van der Waals surface area contributed by atoms with E-state index in [1.165, 1.54) is 11.5 Å². The van der Waals surface area contributed by atoms with Crippen LogP contribution in [0.3, 0.4) is 0 Å². The fourth-order valence-electron chi connectivity index (χ4n) is 1.84. The van der Waals surface area contributed by atoms with Crippen LogP contribution in [0, 0.1) is 11.8 Å². The Kier molecular flexibility index (Phi) is 3.86. The topological polar surface area (TPSA) is 37.8 Å². The summed E-state index contributed by atoms with van der Waals surface area (Å²) in [6.45, 7) is 8.91. The molecular formula is C10H19N3S. The van der Waals surface area contributed by atoms with Crippen LogP contribution >= 0.6 is 11.5 Å². The van der Waals surface area contributed by atoms with Gasteiger partial charge in [-0.05, 0) is 11.8 Å². The lowest BCUT2D eigenvalue weighted by Crippen LogP contribution is -2.14. The Morgan fingerprint density at radius 2 is 1.71 bits per heavy atom. The molecule has 0 saturated carbocycles. The molecule has 0 radical (unpaired) electrons. The van der Waals surface area contributed by atoms with E-state index in [0.29, 0.717) is 17.8 Å². The standard InChI is InChI=1S/C10H19N3S/c1-6(2)8(7(3)4)9-12-10(11-5)14-13-9/h6-8H,1-5H3,(H,11,12,13). The van der Waals surface area contributed by atoms with Gasteiger partial charge in [-0.2, -0.15) is 4.37 Å². The van der Waals surface area contributed by atoms with Crippen molar-refractivity contribution < 1.29 is 0 Å². The first-order valence-electron chi connectivity index (χ1n) is 5.07. The second kappa shape index (κ2) is 4.73. The highest BCUT2D eigenvalue weighted by atomic mass is 32.1. The zero-order chi connectivity index (χ0) is 10.7. The van der Waals surface area contributed by atoms with Crippen molar-refractivity contribution in [2.45, 2.75) is 33.6 Å². The van der Waals surface area contributed by atoms with E-state index in [1.807, 2.05) is 7.05 Å². The molecule has 0 aliphatic carbocycles. The van der Waals surface area contributed by atoms with E-state index in [1.54, 1.807) is 0 Å². The van der Waals surface area contributed by atoms with Crippen LogP contribution in [0.2, 0.25) is 0 Å². The molecule has 0 amide bonds. The maximum atomic E-state index is 4.47. The van der Waals surface area contributed by atoms with Crippen molar-refractivity contribution in [1.29, 1.82) is 0 Å². The Bertz CT molecular complexity index is 273. The Labute approximate surface area is 90.1 Å². The number of rotatable bonds is 4. The Morgan fingerprint density at radius 1 is 1.14 bits per heavy atom. The van der Waals surface area contributed by atoms with Crippen molar-refractivity contribution in [2.24, 2.45) is 11.8 Å². The molecule has 0 atom stereocenters. The SMILES string of the molecule is CNc1nc(C(C(C)C)C(C)C)ns1. The van der Waals surface area contributed by atoms with Crippen LogP contribution in [0.25, 0.3) is 0 Å². The van der Waals surface area contributed by atoms with Crippen molar-refractivity contribution in [1.82, 2.24) is 9.36 Å². The zero-order valence-corrected chi connectivity index (χ0v) is 10.4. The van der Waals surface area contributed by atoms with Crippen molar-refractivity contribution in [2.75, 3.05) is 12.4 Å². The molecule has 0 aliphatic rings. The van der Waals surface area contributed by atoms with Gasteiger partial charge in [-0.15, -0.1) is 0 Å². The first-order valence-corrected chi connectivity index (χ1v) is 5.85. The average molecular weight is 213 g/mol. The molecule has 0 aromatic carbocycles. The van der Waals surface area contributed by atoms with Gasteiger partial charge in [-0.25, -0.2) is 4.98 Å². The summed E-state index contributed by atoms with van der Waals surface area (Å²) in [5.74, 6) is 2.64. The second-order valence-electron chi connectivity index (χ2n) is 4.22. The van der Waals surface area contributed by atoms with Gasteiger partial charge < -0.3 is 5.32 Å². The normalized spacial score (nSPS) is 11.7. The van der Waals surface area contributed by atoms with Crippen LogP contribution in [0.4, 0.5) is 5.13 Å². The van der Waals surface area contributed by atoms with Crippen LogP contribution in [0.15, 0.2) is 0 Å². The van der Waals surface area contributed by atoms with Gasteiger partial charge in [0.25, 0.3) is 0 Å². The molecule has 1 aromatic rings. The number of nitrogens with zero attached hydrogens (tertiary/aromatic N) is 2. The number of hydrogen-bond donors (Lipinski definition) is 1. The lowest BCUT2D eigenvalue weighted by molar-refractivity contribution is 0.374. The van der Waals surface area contributed by atoms with Gasteiger partial charge in [0.15, 0.2) is 0 Å². The molecule has 14 heavy (non-hydrogen) atoms. The fraction of sp³-hybridized carbons (Fsp3) is 0.800. The van der Waals surface area contributed by atoms with E-state index >= 15 is 0 Å². The predicted octanol–water partition coefficient (Wildman–Crippen LogP) is 2.98. The van der Waals surface area contributed by atoms with E-state index in [0.717, 1.165) is 11.0 Å². The van der Waals surface area contributed by atoms with Gasteiger partial charge in [-0.3, -0.25) is 0 Å². The highest BCUT2D eigenvalue weighted by Crippen LogP contribution is 2.31. The maximum absolute atomic E-state index is 4.47. The van der Waals surface area contributed by atoms with E-state index in [2.05, 4.69) is 42.4 Å². The van der Waals surface area contributed by atoms with Crippen LogP contribution < -0.4 is 5.32 Å². The molecular weight excluding hydrogens is 194 g/mol. The number of nitrogens with one attached hydrogen (secondary N) is 1. The molecule has 1 aromatic heterocycles. The van der Waals surface area contributed by atoms with E-state index < -0.39 is 0 Å². The zero-order valence-electron chi connectivity index (χ0n) is 9.53. The summed E-state index contributed by atoms with van der Waals surface area (Å²) >= 11 is 1.44. The smallest absolute Gasteiger partial charge is 0.202 e. The maximum Gasteiger partial charge on any atom is 0.202 e. The summed E-state index contributed by atoms with van der Waals surface area (Å²) < 4.78 is 4.40. The molecule has 1 rings (SSSR count). The van der Waals surface area contributed by atoms with Crippen LogP contribution in [-0.2, 0) is 0 Å². The number of anilines is 1. The van der Waals surface area contributed by atoms with Crippen LogP contribution in [-0.4, -0.2) is 16.4 Å². The molecule has 80 valence electrons. The summed E-state index contributed by atoms with van der Waals surface area (Å²) in [5, 5.41) is 3.93. The summed E-state index contributed by atoms with van der Waals surface area (Å²) in [4.78, 5) is 4.47. The van der Waals surface area contributed by atoms with Crippen molar-refractivity contribution in [3.05, 3.63) is 5.82 Å². The molecule has 0 saturated heterocycles. The summed E-state index contributed by atoms with van der Waals surface area (Å²) in [6, 6.07) is 0. The first-order chi connectivity index (χ1) is 6.56. The fourth-order valence-corrected chi connectivity index (χ4v) is 2.41. The third kappa shape index (κ3) is 2.44. The third-order valence-electron chi connectivity index (χ3n) is 2.39. The molecule has 4 heteroatoms.